The van der Waals surface area contributed by atoms with Gasteiger partial charge in [-0.3, -0.25) is 0 Å². The first-order valence-electron chi connectivity index (χ1n) is 10.3. The molecule has 32 heavy (non-hydrogen) atoms. The summed E-state index contributed by atoms with van der Waals surface area (Å²) in [5.74, 6) is -0.0516. The number of hydrogen-bond donors (Lipinski definition) is 4. The Bertz CT molecular complexity index is 1120. The van der Waals surface area contributed by atoms with Crippen molar-refractivity contribution in [1.82, 2.24) is 10.3 Å². The summed E-state index contributed by atoms with van der Waals surface area (Å²) in [5, 5.41) is 23.5. The van der Waals surface area contributed by atoms with Gasteiger partial charge in [-0.05, 0) is 60.7 Å². The number of carboxylic acids is 1. The Labute approximate surface area is 190 Å². The van der Waals surface area contributed by atoms with E-state index in [1.165, 1.54) is 17.7 Å². The van der Waals surface area contributed by atoms with E-state index in [4.69, 9.17) is 22.1 Å². The van der Waals surface area contributed by atoms with Gasteiger partial charge in [0.25, 0.3) is 0 Å². The predicted octanol–water partition coefficient (Wildman–Crippen LogP) is 3.99. The molecule has 0 amide bonds. The second kappa shape index (κ2) is 9.56. The summed E-state index contributed by atoms with van der Waals surface area (Å²) in [4.78, 5) is 15.3. The van der Waals surface area contributed by atoms with Crippen LogP contribution >= 0.6 is 11.6 Å². The summed E-state index contributed by atoms with van der Waals surface area (Å²) in [5.41, 5.74) is 9.36. The van der Waals surface area contributed by atoms with E-state index in [2.05, 4.69) is 10.3 Å². The van der Waals surface area contributed by atoms with Gasteiger partial charge in [0.05, 0.1) is 11.7 Å². The Hall–Kier alpha value is -3.13. The van der Waals surface area contributed by atoms with Crippen LogP contribution in [-0.4, -0.2) is 33.8 Å². The molecule has 0 bridgehead atoms. The number of aryl methyl sites for hydroxylation is 1. The van der Waals surface area contributed by atoms with Crippen LogP contribution in [0.3, 0.4) is 0 Å². The fourth-order valence-electron chi connectivity index (χ4n) is 3.89. The normalized spacial score (nSPS) is 16.2. The maximum absolute atomic E-state index is 11.3. The Morgan fingerprint density at radius 1 is 1.19 bits per heavy atom. The number of aliphatic hydroxyl groups is 1. The van der Waals surface area contributed by atoms with E-state index in [1.54, 1.807) is 24.4 Å². The number of carboxylic acid groups (broad SMARTS) is 1. The molecule has 2 aromatic carbocycles. The second-order valence-electron chi connectivity index (χ2n) is 7.91. The summed E-state index contributed by atoms with van der Waals surface area (Å²) >= 11 is 5.81. The van der Waals surface area contributed by atoms with Crippen LogP contribution < -0.4 is 15.8 Å². The van der Waals surface area contributed by atoms with E-state index >= 15 is 0 Å². The number of anilines is 1. The highest BCUT2D eigenvalue weighted by Gasteiger charge is 2.20. The highest BCUT2D eigenvalue weighted by atomic mass is 35.5. The van der Waals surface area contributed by atoms with Crippen LogP contribution in [0.15, 0.2) is 54.7 Å². The lowest BCUT2D eigenvalue weighted by Crippen LogP contribution is -2.37. The number of ether oxygens (including phenoxy) is 1. The molecule has 2 atom stereocenters. The molecule has 3 aromatic rings. The third-order valence-corrected chi connectivity index (χ3v) is 5.78. The molecular formula is C24H24ClN3O4. The summed E-state index contributed by atoms with van der Waals surface area (Å²) in [6.07, 6.45) is 3.61. The first-order valence-corrected chi connectivity index (χ1v) is 10.7. The minimum absolute atomic E-state index is 0.0802. The van der Waals surface area contributed by atoms with Crippen molar-refractivity contribution in [3.8, 4) is 11.5 Å². The largest absolute Gasteiger partial charge is 0.478 e. The van der Waals surface area contributed by atoms with Gasteiger partial charge in [0, 0.05) is 36.1 Å². The van der Waals surface area contributed by atoms with E-state index in [9.17, 15) is 15.0 Å². The van der Waals surface area contributed by atoms with Gasteiger partial charge < -0.3 is 26.0 Å². The maximum atomic E-state index is 11.3. The smallest absolute Gasteiger partial charge is 0.335 e. The van der Waals surface area contributed by atoms with E-state index in [0.717, 1.165) is 30.4 Å². The number of nitrogens with two attached hydrogens (primary N) is 1. The summed E-state index contributed by atoms with van der Waals surface area (Å²) in [7, 11) is 0. The lowest BCUT2D eigenvalue weighted by molar-refractivity contribution is 0.0696. The van der Waals surface area contributed by atoms with Gasteiger partial charge in [-0.1, -0.05) is 23.7 Å². The number of rotatable bonds is 7. The lowest BCUT2D eigenvalue weighted by Gasteiger charge is -2.27. The number of nitrogens with one attached hydrogen (secondary N) is 1. The zero-order chi connectivity index (χ0) is 22.7. The number of hydrogen-bond acceptors (Lipinski definition) is 6. The molecule has 1 aliphatic carbocycles. The number of nitrogen functional groups attached to an aromatic ring is 1. The Balaban J connectivity index is 1.40. The number of nitrogens with zero attached hydrogens (tertiary/aromatic N) is 1. The van der Waals surface area contributed by atoms with Gasteiger partial charge >= 0.3 is 5.97 Å². The molecule has 7 nitrogen and oxygen atoms in total. The molecule has 0 radical (unpaired) electrons. The summed E-state index contributed by atoms with van der Waals surface area (Å²) in [6.45, 7) is 0.417. The highest BCUT2D eigenvalue weighted by Crippen LogP contribution is 2.30. The highest BCUT2D eigenvalue weighted by molar-refractivity contribution is 6.29. The van der Waals surface area contributed by atoms with Crippen molar-refractivity contribution >= 4 is 23.3 Å². The number of aliphatic hydroxyl groups excluding tert-OH is 1. The van der Waals surface area contributed by atoms with Crippen molar-refractivity contribution in [3.63, 3.8) is 0 Å². The van der Waals surface area contributed by atoms with Crippen LogP contribution in [-0.2, 0) is 12.8 Å². The van der Waals surface area contributed by atoms with E-state index in [1.807, 2.05) is 18.2 Å². The minimum atomic E-state index is -1.06. The molecule has 0 spiro atoms. The zero-order valence-electron chi connectivity index (χ0n) is 17.3. The zero-order valence-corrected chi connectivity index (χ0v) is 18.0. The maximum Gasteiger partial charge on any atom is 0.335 e. The van der Waals surface area contributed by atoms with Gasteiger partial charge in [0.1, 0.15) is 16.7 Å². The quantitative estimate of drug-likeness (QED) is 0.315. The Morgan fingerprint density at radius 3 is 2.78 bits per heavy atom. The first-order chi connectivity index (χ1) is 15.4. The van der Waals surface area contributed by atoms with Crippen molar-refractivity contribution < 1.29 is 19.7 Å². The fraction of sp³-hybridized carbons (Fsp3) is 0.250. The number of carbonyl (C=O) groups is 1. The third kappa shape index (κ3) is 5.37. The second-order valence-corrected chi connectivity index (χ2v) is 8.29. The molecule has 4 rings (SSSR count). The van der Waals surface area contributed by atoms with Crippen LogP contribution in [0.1, 0.15) is 39.6 Å². The van der Waals surface area contributed by atoms with E-state index in [-0.39, 0.29) is 11.6 Å². The number of fused-ring (bicyclic) bond motifs is 1. The number of aromatic carboxylic acids is 1. The number of aromatic nitrogens is 1. The van der Waals surface area contributed by atoms with Crippen LogP contribution in [0.4, 0.5) is 5.69 Å². The fourth-order valence-corrected chi connectivity index (χ4v) is 4.00. The van der Waals surface area contributed by atoms with Gasteiger partial charge in [-0.25, -0.2) is 9.78 Å². The van der Waals surface area contributed by atoms with E-state index in [0.29, 0.717) is 28.9 Å². The van der Waals surface area contributed by atoms with Gasteiger partial charge in [0.15, 0.2) is 0 Å². The van der Waals surface area contributed by atoms with Crippen molar-refractivity contribution in [2.45, 2.75) is 31.4 Å². The molecule has 1 heterocycles. The van der Waals surface area contributed by atoms with Crippen molar-refractivity contribution in [2.24, 2.45) is 0 Å². The van der Waals surface area contributed by atoms with Crippen molar-refractivity contribution in [2.75, 3.05) is 12.3 Å². The van der Waals surface area contributed by atoms with Crippen LogP contribution in [0.25, 0.3) is 0 Å². The molecule has 0 saturated carbocycles. The predicted molar refractivity (Wildman–Crippen MR) is 122 cm³/mol. The van der Waals surface area contributed by atoms with E-state index < -0.39 is 12.1 Å². The van der Waals surface area contributed by atoms with Crippen molar-refractivity contribution in [1.29, 1.82) is 0 Å². The minimum Gasteiger partial charge on any atom is -0.478 e. The van der Waals surface area contributed by atoms with Gasteiger partial charge in [-0.2, -0.15) is 0 Å². The molecule has 0 unspecified atom stereocenters. The third-order valence-electron chi connectivity index (χ3n) is 5.55. The van der Waals surface area contributed by atoms with Gasteiger partial charge in [0.2, 0.25) is 0 Å². The standard InChI is InChI=1S/C24H24ClN3O4/c25-23-6-3-15(12-28-23)22(29)13-27-19-4-1-14-2-5-20(9-16(14)8-19)32-21-10-17(24(30)31)7-18(26)11-21/h2-3,5-7,9-12,19,22,27,29H,1,4,8,13,26H2,(H,30,31)/t19-,22+/m0/s1. The average molecular weight is 454 g/mol. The summed E-state index contributed by atoms with van der Waals surface area (Å²) in [6, 6.07) is 14.0. The molecule has 0 fully saturated rings. The molecule has 1 aromatic heterocycles. The van der Waals surface area contributed by atoms with Crippen LogP contribution in [0.2, 0.25) is 5.15 Å². The molecule has 5 N–H and O–H groups in total. The number of benzene rings is 2. The topological polar surface area (TPSA) is 118 Å². The molecule has 166 valence electrons. The molecule has 0 saturated heterocycles. The lowest BCUT2D eigenvalue weighted by atomic mass is 9.88. The molecule has 1 aliphatic rings. The molecule has 0 aliphatic heterocycles. The average Bonchev–Trinajstić information content (AvgIpc) is 2.77. The number of halogens is 1. The summed E-state index contributed by atoms with van der Waals surface area (Å²) < 4.78 is 5.90. The van der Waals surface area contributed by atoms with Gasteiger partial charge in [-0.15, -0.1) is 0 Å². The Kier molecular flexibility index (Phi) is 6.60. The monoisotopic (exact) mass is 453 g/mol. The van der Waals surface area contributed by atoms with Crippen LogP contribution in [0.5, 0.6) is 11.5 Å². The van der Waals surface area contributed by atoms with Crippen molar-refractivity contribution in [3.05, 3.63) is 82.1 Å². The SMILES string of the molecule is Nc1cc(Oc2ccc3c(c2)C[C@@H](NC[C@@H](O)c2ccc(Cl)nc2)CC3)cc(C(=O)O)c1. The first kappa shape index (κ1) is 22.1. The van der Waals surface area contributed by atoms with Crippen LogP contribution in [0, 0.1) is 0 Å². The Morgan fingerprint density at radius 2 is 2.03 bits per heavy atom. The molecular weight excluding hydrogens is 430 g/mol. The molecule has 8 heteroatoms. The number of pyridine rings is 1.